The van der Waals surface area contributed by atoms with E-state index in [1.54, 1.807) is 48.2 Å². The predicted molar refractivity (Wildman–Crippen MR) is 243 cm³/mol. The number of benzene rings is 5. The molecule has 0 aliphatic carbocycles. The first-order chi connectivity index (χ1) is 32.5. The number of urea groups is 1. The van der Waals surface area contributed by atoms with Crippen molar-refractivity contribution in [3.63, 3.8) is 0 Å². The number of anilines is 1. The highest BCUT2D eigenvalue weighted by atomic mass is 16.6. The molecule has 15 heteroatoms. The molecule has 0 radical (unpaired) electrons. The average Bonchev–Trinajstić information content (AvgIpc) is 3.81. The van der Waals surface area contributed by atoms with Gasteiger partial charge in [0.15, 0.2) is 5.92 Å². The van der Waals surface area contributed by atoms with Gasteiger partial charge in [0.05, 0.1) is 50.6 Å². The molecule has 67 heavy (non-hydrogen) atoms. The fourth-order valence-electron chi connectivity index (χ4n) is 9.86. The number of hydrogen-bond acceptors (Lipinski definition) is 12. The standard InChI is InChI=1S/C52H48N4O11/c1-31(33-17-7-4-8-18-33)54-51(63)55-39-27-26-32(16-15-24-37(47(59)64-2)48(60)65-3)30-38(39)52(50(55)62)41(46(53)58)43-49(61)67-44(35-21-11-6-12-22-35)42(34-19-9-5-10-20-34)56(43)45(52)36-23-13-14-25-40(36)66-29-28-57/h4-14,17-23,25-27,30-31,37,41-45,57H,24,28-29H2,1-3H3,(H2,53,58)(H,54,63)/t31-,41+,42+,43+,44-,45-,52+/m1/s1. The van der Waals surface area contributed by atoms with Crippen molar-refractivity contribution in [2.24, 2.45) is 17.6 Å². The van der Waals surface area contributed by atoms with Crippen LogP contribution in [0.3, 0.4) is 0 Å². The van der Waals surface area contributed by atoms with Gasteiger partial charge < -0.3 is 35.1 Å². The van der Waals surface area contributed by atoms with Crippen molar-refractivity contribution in [2.45, 2.75) is 49.0 Å². The second kappa shape index (κ2) is 19.4. The molecule has 0 unspecified atom stereocenters. The molecule has 5 aromatic carbocycles. The van der Waals surface area contributed by atoms with Gasteiger partial charge in [-0.05, 0) is 53.4 Å². The van der Waals surface area contributed by atoms with Gasteiger partial charge >= 0.3 is 23.9 Å². The third kappa shape index (κ3) is 8.15. The van der Waals surface area contributed by atoms with E-state index in [1.807, 2.05) is 91.0 Å². The molecule has 0 saturated carbocycles. The maximum absolute atomic E-state index is 16.3. The molecule has 3 heterocycles. The number of nitrogens with zero attached hydrogens (tertiary/aromatic N) is 2. The quantitative estimate of drug-likeness (QED) is 0.0625. The van der Waals surface area contributed by atoms with Crippen LogP contribution in [0.1, 0.15) is 71.0 Å². The molecule has 7 atom stereocenters. The van der Waals surface area contributed by atoms with E-state index in [4.69, 9.17) is 24.7 Å². The molecule has 2 fully saturated rings. The average molecular weight is 905 g/mol. The number of methoxy groups -OCH3 is 2. The number of aliphatic hydroxyl groups is 1. The summed E-state index contributed by atoms with van der Waals surface area (Å²) >= 11 is 0. The summed E-state index contributed by atoms with van der Waals surface area (Å²) in [6.45, 7) is 1.26. The van der Waals surface area contributed by atoms with Crippen LogP contribution < -0.4 is 20.7 Å². The summed E-state index contributed by atoms with van der Waals surface area (Å²) in [5, 5.41) is 13.0. The maximum atomic E-state index is 16.3. The van der Waals surface area contributed by atoms with Gasteiger partial charge in [0.25, 0.3) is 0 Å². The first kappa shape index (κ1) is 45.8. The van der Waals surface area contributed by atoms with Crippen LogP contribution >= 0.6 is 0 Å². The number of morpholine rings is 1. The van der Waals surface area contributed by atoms with Crippen LogP contribution in [0.15, 0.2) is 133 Å². The lowest BCUT2D eigenvalue weighted by atomic mass is 9.65. The molecular weight excluding hydrogens is 857 g/mol. The first-order valence-corrected chi connectivity index (χ1v) is 21.7. The van der Waals surface area contributed by atoms with Gasteiger partial charge in [0.1, 0.15) is 29.9 Å². The van der Waals surface area contributed by atoms with Gasteiger partial charge in [-0.15, -0.1) is 0 Å². The van der Waals surface area contributed by atoms with E-state index < -0.39 is 83.3 Å². The number of hydrogen-bond donors (Lipinski definition) is 3. The maximum Gasteiger partial charge on any atom is 0.329 e. The van der Waals surface area contributed by atoms with Gasteiger partial charge in [-0.1, -0.05) is 121 Å². The lowest BCUT2D eigenvalue weighted by Crippen LogP contribution is -2.55. The third-order valence-corrected chi connectivity index (χ3v) is 12.7. The number of fused-ring (bicyclic) bond motifs is 3. The van der Waals surface area contributed by atoms with Crippen molar-refractivity contribution < 1.29 is 52.8 Å². The summed E-state index contributed by atoms with van der Waals surface area (Å²) < 4.78 is 22.3. The van der Waals surface area contributed by atoms with Crippen LogP contribution in [-0.2, 0) is 43.6 Å². The Morgan fingerprint density at radius 2 is 1.43 bits per heavy atom. The van der Waals surface area contributed by atoms with Crippen molar-refractivity contribution in [3.05, 3.63) is 167 Å². The van der Waals surface area contributed by atoms with Crippen LogP contribution in [0, 0.1) is 23.7 Å². The van der Waals surface area contributed by atoms with E-state index in [2.05, 4.69) is 17.2 Å². The van der Waals surface area contributed by atoms with Crippen molar-refractivity contribution in [3.8, 4) is 17.6 Å². The van der Waals surface area contributed by atoms with E-state index in [9.17, 15) is 24.3 Å². The number of aliphatic hydroxyl groups excluding tert-OH is 1. The smallest absolute Gasteiger partial charge is 0.329 e. The van der Waals surface area contributed by atoms with Gasteiger partial charge in [-0.25, -0.2) is 9.69 Å². The summed E-state index contributed by atoms with van der Waals surface area (Å²) in [4.78, 5) is 88.8. The molecule has 3 aliphatic rings. The Labute approximate surface area is 386 Å². The lowest BCUT2D eigenvalue weighted by Gasteiger charge is -2.46. The van der Waals surface area contributed by atoms with E-state index in [0.717, 1.165) is 24.7 Å². The summed E-state index contributed by atoms with van der Waals surface area (Å²) in [7, 11) is 2.28. The van der Waals surface area contributed by atoms with Gasteiger partial charge in [-0.2, -0.15) is 0 Å². The van der Waals surface area contributed by atoms with Crippen molar-refractivity contribution in [1.82, 2.24) is 10.2 Å². The zero-order valence-corrected chi connectivity index (χ0v) is 36.9. The van der Waals surface area contributed by atoms with Crippen molar-refractivity contribution >= 4 is 41.4 Å². The Bertz CT molecular complexity index is 2740. The lowest BCUT2D eigenvalue weighted by molar-refractivity contribution is -0.178. The van der Waals surface area contributed by atoms with E-state index in [0.29, 0.717) is 16.7 Å². The molecule has 0 bridgehead atoms. The third-order valence-electron chi connectivity index (χ3n) is 12.7. The second-order valence-electron chi connectivity index (χ2n) is 16.3. The molecule has 342 valence electrons. The molecule has 5 aromatic rings. The Hall–Kier alpha value is -7.80. The molecular formula is C52H48N4O11. The molecule has 8 rings (SSSR count). The number of carbonyl (C=O) groups is 6. The summed E-state index contributed by atoms with van der Waals surface area (Å²) in [6, 6.07) is 33.8. The predicted octanol–water partition coefficient (Wildman–Crippen LogP) is 5.38. The number of ether oxygens (including phenoxy) is 4. The summed E-state index contributed by atoms with van der Waals surface area (Å²) in [5.41, 5.74) is 7.23. The molecule has 4 amide bonds. The van der Waals surface area contributed by atoms with Crippen molar-refractivity contribution in [1.29, 1.82) is 0 Å². The fourth-order valence-corrected chi connectivity index (χ4v) is 9.86. The van der Waals surface area contributed by atoms with Crippen LogP contribution in [0.4, 0.5) is 10.5 Å². The van der Waals surface area contributed by atoms with Crippen LogP contribution in [0.2, 0.25) is 0 Å². The molecule has 15 nitrogen and oxygen atoms in total. The number of amides is 4. The Morgan fingerprint density at radius 3 is 2.06 bits per heavy atom. The Kier molecular flexibility index (Phi) is 13.2. The minimum absolute atomic E-state index is 0.0874. The fraction of sp³-hybridized carbons (Fsp3) is 0.269. The van der Waals surface area contributed by atoms with Gasteiger partial charge in [0.2, 0.25) is 11.8 Å². The molecule has 3 aliphatic heterocycles. The first-order valence-electron chi connectivity index (χ1n) is 21.7. The van der Waals surface area contributed by atoms with E-state index in [-0.39, 0.29) is 42.2 Å². The highest BCUT2D eigenvalue weighted by molar-refractivity contribution is 6.24. The molecule has 2 saturated heterocycles. The van der Waals surface area contributed by atoms with Crippen LogP contribution in [0.5, 0.6) is 5.75 Å². The van der Waals surface area contributed by atoms with Crippen molar-refractivity contribution in [2.75, 3.05) is 32.3 Å². The Balaban J connectivity index is 1.42. The largest absolute Gasteiger partial charge is 0.491 e. The molecule has 0 aromatic heterocycles. The normalized spacial score (nSPS) is 22.2. The number of esters is 3. The number of primary amides is 1. The number of cyclic esters (lactones) is 1. The minimum Gasteiger partial charge on any atom is -0.491 e. The zero-order chi connectivity index (χ0) is 47.4. The number of rotatable bonds is 12. The number of nitrogens with two attached hydrogens (primary N) is 1. The molecule has 1 spiro atoms. The van der Waals surface area contributed by atoms with E-state index >= 15 is 9.59 Å². The Morgan fingerprint density at radius 1 is 0.821 bits per heavy atom. The number of nitrogens with one attached hydrogen (secondary N) is 1. The summed E-state index contributed by atoms with van der Waals surface area (Å²) in [6.07, 6.45) is -1.28. The zero-order valence-electron chi connectivity index (χ0n) is 36.9. The van der Waals surface area contributed by atoms with E-state index in [1.165, 1.54) is 6.07 Å². The topological polar surface area (TPSA) is 204 Å². The van der Waals surface area contributed by atoms with Crippen LogP contribution in [0.25, 0.3) is 0 Å². The molecule has 4 N–H and O–H groups in total. The van der Waals surface area contributed by atoms with Crippen LogP contribution in [-0.4, -0.2) is 79.2 Å². The summed E-state index contributed by atoms with van der Waals surface area (Å²) in [5.74, 6) is -1.40. The number of imide groups is 1. The highest BCUT2D eigenvalue weighted by Crippen LogP contribution is 2.66. The second-order valence-corrected chi connectivity index (χ2v) is 16.3. The minimum atomic E-state index is -2.19. The SMILES string of the molecule is COC(=O)C(CC#Cc1ccc2c(c1)[C@]1(C(=O)N2C(=O)N[C@H](C)c2ccccc2)[C@H](C(N)=O)[C@H]2C(=O)O[C@H](c3ccccc3)[C@H](c3ccccc3)N2[C@@H]1c1ccccc1OCCO)C(=O)OC. The number of para-hydroxylation sites is 1. The van der Waals surface area contributed by atoms with Gasteiger partial charge in [0, 0.05) is 17.5 Å². The number of carbonyl (C=O) groups excluding carboxylic acids is 6. The monoisotopic (exact) mass is 904 g/mol. The highest BCUT2D eigenvalue weighted by Gasteiger charge is 2.75. The van der Waals surface area contributed by atoms with Gasteiger partial charge in [-0.3, -0.25) is 28.9 Å².